The van der Waals surface area contributed by atoms with E-state index in [1.807, 2.05) is 25.1 Å². The fourth-order valence-corrected chi connectivity index (χ4v) is 2.88. The number of carbonyl (C=O) groups is 1. The molecule has 0 saturated carbocycles. The van der Waals surface area contributed by atoms with Crippen LogP contribution in [0, 0.1) is 12.7 Å². The Balaban J connectivity index is 1.57. The van der Waals surface area contributed by atoms with Gasteiger partial charge in [0, 0.05) is 30.5 Å². The maximum absolute atomic E-state index is 13.1. The van der Waals surface area contributed by atoms with Crippen LogP contribution in [0.3, 0.4) is 0 Å². The predicted octanol–water partition coefficient (Wildman–Crippen LogP) is 3.64. The number of amides is 1. The van der Waals surface area contributed by atoms with Crippen LogP contribution in [0.2, 0.25) is 5.02 Å². The topological polar surface area (TPSA) is 50.8 Å². The standard InChI is InChI=1S/C19H20ClFN2O3/c1-13-10-14(23-6-8-25-9-7-23)2-5-18(13)22-19(24)12-26-15-3-4-17(21)16(20)11-15/h2-5,10-11H,6-9,12H2,1H3,(H,22,24). The minimum Gasteiger partial charge on any atom is -0.484 e. The lowest BCUT2D eigenvalue weighted by Crippen LogP contribution is -2.36. The number of hydrogen-bond acceptors (Lipinski definition) is 4. The summed E-state index contributed by atoms with van der Waals surface area (Å²) in [5.41, 5.74) is 2.81. The molecule has 0 atom stereocenters. The van der Waals surface area contributed by atoms with E-state index >= 15 is 0 Å². The normalized spacial score (nSPS) is 14.2. The minimum atomic E-state index is -0.528. The van der Waals surface area contributed by atoms with Crippen LogP contribution in [0.25, 0.3) is 0 Å². The first-order valence-corrected chi connectivity index (χ1v) is 8.72. The summed E-state index contributed by atoms with van der Waals surface area (Å²) in [4.78, 5) is 14.4. The third-order valence-electron chi connectivity index (χ3n) is 4.12. The largest absolute Gasteiger partial charge is 0.484 e. The second-order valence-corrected chi connectivity index (χ2v) is 6.42. The van der Waals surface area contributed by atoms with Crippen molar-refractivity contribution in [1.82, 2.24) is 0 Å². The van der Waals surface area contributed by atoms with Crippen LogP contribution >= 0.6 is 11.6 Å². The second-order valence-electron chi connectivity index (χ2n) is 6.01. The first kappa shape index (κ1) is 18.5. The number of rotatable bonds is 5. The molecule has 1 fully saturated rings. The zero-order valence-electron chi connectivity index (χ0n) is 14.4. The molecule has 0 radical (unpaired) electrons. The van der Waals surface area contributed by atoms with Crippen molar-refractivity contribution in [2.75, 3.05) is 43.1 Å². The van der Waals surface area contributed by atoms with Crippen molar-refractivity contribution >= 4 is 28.9 Å². The van der Waals surface area contributed by atoms with E-state index < -0.39 is 5.82 Å². The van der Waals surface area contributed by atoms with Crippen molar-refractivity contribution in [3.8, 4) is 5.75 Å². The molecule has 1 aliphatic rings. The maximum atomic E-state index is 13.1. The number of nitrogens with one attached hydrogen (secondary N) is 1. The molecule has 0 aliphatic carbocycles. The van der Waals surface area contributed by atoms with Crippen molar-refractivity contribution < 1.29 is 18.7 Å². The molecule has 7 heteroatoms. The van der Waals surface area contributed by atoms with Crippen molar-refractivity contribution in [3.05, 3.63) is 52.8 Å². The van der Waals surface area contributed by atoms with Crippen LogP contribution in [0.4, 0.5) is 15.8 Å². The summed E-state index contributed by atoms with van der Waals surface area (Å²) in [6, 6.07) is 9.87. The van der Waals surface area contributed by atoms with Gasteiger partial charge in [0.2, 0.25) is 0 Å². The summed E-state index contributed by atoms with van der Waals surface area (Å²) in [6.45, 7) is 4.93. The number of benzene rings is 2. The molecule has 2 aromatic carbocycles. The van der Waals surface area contributed by atoms with Crippen LogP contribution in [0.15, 0.2) is 36.4 Å². The lowest BCUT2D eigenvalue weighted by Gasteiger charge is -2.29. The molecule has 138 valence electrons. The van der Waals surface area contributed by atoms with Gasteiger partial charge < -0.3 is 19.7 Å². The van der Waals surface area contributed by atoms with Gasteiger partial charge >= 0.3 is 0 Å². The number of hydrogen-bond donors (Lipinski definition) is 1. The third-order valence-corrected chi connectivity index (χ3v) is 4.41. The van der Waals surface area contributed by atoms with E-state index in [0.29, 0.717) is 5.75 Å². The Morgan fingerprint density at radius 3 is 2.73 bits per heavy atom. The van der Waals surface area contributed by atoms with E-state index in [0.717, 1.165) is 43.2 Å². The third kappa shape index (κ3) is 4.65. The van der Waals surface area contributed by atoms with E-state index in [-0.39, 0.29) is 17.5 Å². The molecule has 0 spiro atoms. The van der Waals surface area contributed by atoms with Crippen LogP contribution in [-0.2, 0) is 9.53 Å². The van der Waals surface area contributed by atoms with Gasteiger partial charge in [0.1, 0.15) is 11.6 Å². The molecule has 0 aromatic heterocycles. The Bertz CT molecular complexity index is 794. The van der Waals surface area contributed by atoms with Gasteiger partial charge in [-0.3, -0.25) is 4.79 Å². The van der Waals surface area contributed by atoms with Gasteiger partial charge in [-0.25, -0.2) is 4.39 Å². The molecule has 1 N–H and O–H groups in total. The van der Waals surface area contributed by atoms with E-state index in [4.69, 9.17) is 21.1 Å². The Hall–Kier alpha value is -2.31. The van der Waals surface area contributed by atoms with Crippen LogP contribution < -0.4 is 15.0 Å². The highest BCUT2D eigenvalue weighted by molar-refractivity contribution is 6.30. The summed E-state index contributed by atoms with van der Waals surface area (Å²) >= 11 is 5.69. The SMILES string of the molecule is Cc1cc(N2CCOCC2)ccc1NC(=O)COc1ccc(F)c(Cl)c1. The Kier molecular flexibility index (Phi) is 5.96. The number of anilines is 2. The summed E-state index contributed by atoms with van der Waals surface area (Å²) in [5.74, 6) is -0.488. The Morgan fingerprint density at radius 1 is 1.27 bits per heavy atom. The van der Waals surface area contributed by atoms with Crippen molar-refractivity contribution in [1.29, 1.82) is 0 Å². The van der Waals surface area contributed by atoms with E-state index in [1.54, 1.807) is 0 Å². The van der Waals surface area contributed by atoms with Gasteiger partial charge in [-0.1, -0.05) is 11.6 Å². The molecule has 1 heterocycles. The summed E-state index contributed by atoms with van der Waals surface area (Å²) in [7, 11) is 0. The van der Waals surface area contributed by atoms with Gasteiger partial charge in [0.15, 0.2) is 6.61 Å². The fourth-order valence-electron chi connectivity index (χ4n) is 2.71. The number of halogens is 2. The number of ether oxygens (including phenoxy) is 2. The predicted molar refractivity (Wildman–Crippen MR) is 99.7 cm³/mol. The van der Waals surface area contributed by atoms with E-state index in [2.05, 4.69) is 10.2 Å². The summed E-state index contributed by atoms with van der Waals surface area (Å²) < 4.78 is 23.8. The summed E-state index contributed by atoms with van der Waals surface area (Å²) in [6.07, 6.45) is 0. The monoisotopic (exact) mass is 378 g/mol. The summed E-state index contributed by atoms with van der Waals surface area (Å²) in [5, 5.41) is 2.78. The number of carbonyl (C=O) groups excluding carboxylic acids is 1. The van der Waals surface area contributed by atoms with Gasteiger partial charge in [-0.05, 0) is 42.8 Å². The zero-order valence-corrected chi connectivity index (χ0v) is 15.2. The minimum absolute atomic E-state index is 0.0440. The average molecular weight is 379 g/mol. The zero-order chi connectivity index (χ0) is 18.5. The molecule has 1 aliphatic heterocycles. The van der Waals surface area contributed by atoms with E-state index in [1.165, 1.54) is 18.2 Å². The number of aryl methyl sites for hydroxylation is 1. The lowest BCUT2D eigenvalue weighted by molar-refractivity contribution is -0.118. The van der Waals surface area contributed by atoms with Crippen LogP contribution in [0.5, 0.6) is 5.75 Å². The molecule has 1 amide bonds. The molecule has 3 rings (SSSR count). The molecular formula is C19H20ClFN2O3. The van der Waals surface area contributed by atoms with Crippen molar-refractivity contribution in [2.45, 2.75) is 6.92 Å². The van der Waals surface area contributed by atoms with E-state index in [9.17, 15) is 9.18 Å². The highest BCUT2D eigenvalue weighted by atomic mass is 35.5. The first-order valence-electron chi connectivity index (χ1n) is 8.34. The number of morpholine rings is 1. The quantitative estimate of drug-likeness (QED) is 0.863. The van der Waals surface area contributed by atoms with Crippen molar-refractivity contribution in [2.24, 2.45) is 0 Å². The first-order chi connectivity index (χ1) is 12.5. The molecule has 0 unspecified atom stereocenters. The average Bonchev–Trinajstić information content (AvgIpc) is 2.65. The molecule has 1 saturated heterocycles. The Labute approximate surface area is 156 Å². The highest BCUT2D eigenvalue weighted by Crippen LogP contribution is 2.24. The molecular weight excluding hydrogens is 359 g/mol. The molecule has 5 nitrogen and oxygen atoms in total. The van der Waals surface area contributed by atoms with Gasteiger partial charge in [-0.2, -0.15) is 0 Å². The fraction of sp³-hybridized carbons (Fsp3) is 0.316. The van der Waals surface area contributed by atoms with Crippen molar-refractivity contribution in [3.63, 3.8) is 0 Å². The van der Waals surface area contributed by atoms with Gasteiger partial charge in [0.05, 0.1) is 18.2 Å². The molecule has 0 bridgehead atoms. The van der Waals surface area contributed by atoms with Gasteiger partial charge in [-0.15, -0.1) is 0 Å². The van der Waals surface area contributed by atoms with Crippen LogP contribution in [0.1, 0.15) is 5.56 Å². The lowest BCUT2D eigenvalue weighted by atomic mass is 10.1. The Morgan fingerprint density at radius 2 is 2.04 bits per heavy atom. The maximum Gasteiger partial charge on any atom is 0.262 e. The number of nitrogens with zero attached hydrogens (tertiary/aromatic N) is 1. The second kappa shape index (κ2) is 8.38. The molecule has 26 heavy (non-hydrogen) atoms. The smallest absolute Gasteiger partial charge is 0.262 e. The molecule has 2 aromatic rings. The van der Waals surface area contributed by atoms with Crippen LogP contribution in [-0.4, -0.2) is 38.8 Å². The van der Waals surface area contributed by atoms with Gasteiger partial charge in [0.25, 0.3) is 5.91 Å². The highest BCUT2D eigenvalue weighted by Gasteiger charge is 2.13.